The average Bonchev–Trinajstić information content (AvgIpc) is 2.53. The van der Waals surface area contributed by atoms with Crippen molar-refractivity contribution in [1.82, 2.24) is 0 Å². The fourth-order valence-electron chi connectivity index (χ4n) is 1.58. The van der Waals surface area contributed by atoms with Gasteiger partial charge in [-0.2, -0.15) is 0 Å². The number of hydrogen-bond acceptors (Lipinski definition) is 4. The van der Waals surface area contributed by atoms with Crippen molar-refractivity contribution in [1.29, 1.82) is 0 Å². The van der Waals surface area contributed by atoms with Gasteiger partial charge in [-0.05, 0) is 19.8 Å². The molecule has 0 saturated carbocycles. The van der Waals surface area contributed by atoms with Crippen LogP contribution in [0.4, 0.5) is 0 Å². The Morgan fingerprint density at radius 1 is 1.40 bits per heavy atom. The van der Waals surface area contributed by atoms with Gasteiger partial charge in [0.2, 0.25) is 0 Å². The Morgan fingerprint density at radius 3 is 2.67 bits per heavy atom. The highest BCUT2D eigenvalue weighted by molar-refractivity contribution is 6.21. The van der Waals surface area contributed by atoms with E-state index in [2.05, 4.69) is 16.9 Å². The quantitative estimate of drug-likeness (QED) is 0.429. The fourth-order valence-corrected chi connectivity index (χ4v) is 1.58. The van der Waals surface area contributed by atoms with Crippen molar-refractivity contribution >= 4 is 11.7 Å². The SMILES string of the molecule is CCCCCCC(N)=C1C(=O)ON=C1C. The number of carbonyl (C=O) groups excluding carboxylic acids is 1. The Hall–Kier alpha value is -1.32. The van der Waals surface area contributed by atoms with Crippen molar-refractivity contribution in [2.75, 3.05) is 0 Å². The minimum Gasteiger partial charge on any atom is -0.401 e. The molecule has 1 aliphatic rings. The first-order valence-corrected chi connectivity index (χ1v) is 5.41. The lowest BCUT2D eigenvalue weighted by atomic mass is 10.0. The van der Waals surface area contributed by atoms with Crippen molar-refractivity contribution in [3.8, 4) is 0 Å². The Morgan fingerprint density at radius 2 is 2.13 bits per heavy atom. The van der Waals surface area contributed by atoms with Gasteiger partial charge in [-0.3, -0.25) is 0 Å². The van der Waals surface area contributed by atoms with Gasteiger partial charge in [-0.25, -0.2) is 4.79 Å². The molecule has 0 bridgehead atoms. The number of nitrogens with zero attached hydrogens (tertiary/aromatic N) is 1. The van der Waals surface area contributed by atoms with Crippen molar-refractivity contribution in [2.24, 2.45) is 10.9 Å². The molecule has 1 heterocycles. The highest BCUT2D eigenvalue weighted by Crippen LogP contribution is 2.17. The molecular formula is C11H18N2O2. The normalized spacial score (nSPS) is 18.8. The zero-order chi connectivity index (χ0) is 11.3. The number of allylic oxidation sites excluding steroid dienone is 1. The number of rotatable bonds is 5. The Labute approximate surface area is 90.2 Å². The minimum atomic E-state index is -0.416. The first kappa shape index (κ1) is 11.8. The molecule has 0 aromatic heterocycles. The van der Waals surface area contributed by atoms with Gasteiger partial charge in [0.05, 0.1) is 5.71 Å². The van der Waals surface area contributed by atoms with Crippen LogP contribution in [-0.4, -0.2) is 11.7 Å². The minimum absolute atomic E-state index is 0.416. The second-order valence-corrected chi connectivity index (χ2v) is 3.77. The molecule has 84 valence electrons. The lowest BCUT2D eigenvalue weighted by Crippen LogP contribution is -2.12. The second kappa shape index (κ2) is 5.53. The fraction of sp³-hybridized carbons (Fsp3) is 0.636. The Balaban J connectivity index is 2.50. The third-order valence-electron chi connectivity index (χ3n) is 2.45. The van der Waals surface area contributed by atoms with Crippen LogP contribution in [0.15, 0.2) is 16.4 Å². The predicted octanol–water partition coefficient (Wildman–Crippen LogP) is 2.10. The van der Waals surface area contributed by atoms with E-state index in [1.165, 1.54) is 12.8 Å². The summed E-state index contributed by atoms with van der Waals surface area (Å²) in [6.07, 6.45) is 5.32. The largest absolute Gasteiger partial charge is 0.401 e. The zero-order valence-corrected chi connectivity index (χ0v) is 9.38. The number of hydrogen-bond donors (Lipinski definition) is 1. The Bertz CT molecular complexity index is 306. The third kappa shape index (κ3) is 3.08. The van der Waals surface area contributed by atoms with Crippen LogP contribution < -0.4 is 5.73 Å². The molecule has 0 amide bonds. The molecule has 2 N–H and O–H groups in total. The summed E-state index contributed by atoms with van der Waals surface area (Å²) in [7, 11) is 0. The molecule has 0 aromatic rings. The second-order valence-electron chi connectivity index (χ2n) is 3.77. The maximum absolute atomic E-state index is 11.2. The molecule has 0 aromatic carbocycles. The van der Waals surface area contributed by atoms with Crippen molar-refractivity contribution in [3.63, 3.8) is 0 Å². The molecule has 1 aliphatic heterocycles. The molecule has 15 heavy (non-hydrogen) atoms. The zero-order valence-electron chi connectivity index (χ0n) is 9.38. The van der Waals surface area contributed by atoms with Gasteiger partial charge < -0.3 is 10.6 Å². The van der Waals surface area contributed by atoms with E-state index in [1.54, 1.807) is 6.92 Å². The summed E-state index contributed by atoms with van der Waals surface area (Å²) in [4.78, 5) is 15.8. The highest BCUT2D eigenvalue weighted by Gasteiger charge is 2.24. The lowest BCUT2D eigenvalue weighted by molar-refractivity contribution is -0.136. The van der Waals surface area contributed by atoms with Crippen molar-refractivity contribution in [2.45, 2.75) is 46.0 Å². The standard InChI is InChI=1S/C11H18N2O2/c1-3-4-5-6-7-9(12)10-8(2)13-15-11(10)14/h3-7,12H2,1-2H3. The van der Waals surface area contributed by atoms with E-state index in [0.717, 1.165) is 19.3 Å². The topological polar surface area (TPSA) is 64.7 Å². The van der Waals surface area contributed by atoms with Crippen LogP contribution in [0.2, 0.25) is 0 Å². The summed E-state index contributed by atoms with van der Waals surface area (Å²) in [6, 6.07) is 0. The van der Waals surface area contributed by atoms with E-state index in [-0.39, 0.29) is 0 Å². The summed E-state index contributed by atoms with van der Waals surface area (Å²) < 4.78 is 0. The molecule has 0 spiro atoms. The molecule has 0 unspecified atom stereocenters. The van der Waals surface area contributed by atoms with Gasteiger partial charge in [-0.15, -0.1) is 0 Å². The van der Waals surface area contributed by atoms with E-state index < -0.39 is 5.97 Å². The van der Waals surface area contributed by atoms with E-state index in [9.17, 15) is 4.79 Å². The molecular weight excluding hydrogens is 192 g/mol. The maximum atomic E-state index is 11.2. The summed E-state index contributed by atoms with van der Waals surface area (Å²) in [5, 5.41) is 3.59. The molecule has 0 atom stereocenters. The van der Waals surface area contributed by atoms with Crippen LogP contribution in [0.25, 0.3) is 0 Å². The predicted molar refractivity (Wildman–Crippen MR) is 59.2 cm³/mol. The van der Waals surface area contributed by atoms with Crippen LogP contribution in [0.3, 0.4) is 0 Å². The maximum Gasteiger partial charge on any atom is 0.369 e. The third-order valence-corrected chi connectivity index (χ3v) is 2.45. The van der Waals surface area contributed by atoms with Gasteiger partial charge in [0.1, 0.15) is 5.57 Å². The molecule has 0 radical (unpaired) electrons. The first-order chi connectivity index (χ1) is 7.16. The van der Waals surface area contributed by atoms with Crippen molar-refractivity contribution in [3.05, 3.63) is 11.3 Å². The van der Waals surface area contributed by atoms with E-state index >= 15 is 0 Å². The number of oxime groups is 1. The first-order valence-electron chi connectivity index (χ1n) is 5.41. The summed E-state index contributed by atoms with van der Waals surface area (Å²) in [5.41, 5.74) is 7.50. The van der Waals surface area contributed by atoms with Crippen LogP contribution in [0, 0.1) is 0 Å². The number of nitrogens with two attached hydrogens (primary N) is 1. The summed E-state index contributed by atoms with van der Waals surface area (Å²) >= 11 is 0. The average molecular weight is 210 g/mol. The van der Waals surface area contributed by atoms with Crippen LogP contribution in [0.1, 0.15) is 46.0 Å². The van der Waals surface area contributed by atoms with Crippen LogP contribution in [0.5, 0.6) is 0 Å². The summed E-state index contributed by atoms with van der Waals surface area (Å²) in [6.45, 7) is 3.89. The van der Waals surface area contributed by atoms with E-state index in [0.29, 0.717) is 17.0 Å². The monoisotopic (exact) mass is 210 g/mol. The van der Waals surface area contributed by atoms with Crippen molar-refractivity contribution < 1.29 is 9.63 Å². The Kier molecular flexibility index (Phi) is 4.34. The molecule has 4 nitrogen and oxygen atoms in total. The number of carbonyl (C=O) groups is 1. The molecule has 0 aliphatic carbocycles. The molecule has 1 rings (SSSR count). The van der Waals surface area contributed by atoms with Gasteiger partial charge in [0.15, 0.2) is 0 Å². The van der Waals surface area contributed by atoms with Gasteiger partial charge in [-0.1, -0.05) is 31.3 Å². The van der Waals surface area contributed by atoms with Gasteiger partial charge >= 0.3 is 5.97 Å². The van der Waals surface area contributed by atoms with Crippen LogP contribution in [-0.2, 0) is 9.63 Å². The van der Waals surface area contributed by atoms with E-state index in [4.69, 9.17) is 5.73 Å². The van der Waals surface area contributed by atoms with E-state index in [1.807, 2.05) is 0 Å². The van der Waals surface area contributed by atoms with Gasteiger partial charge in [0, 0.05) is 5.70 Å². The highest BCUT2D eigenvalue weighted by atomic mass is 16.7. The van der Waals surface area contributed by atoms with Crippen LogP contribution >= 0.6 is 0 Å². The number of unbranched alkanes of at least 4 members (excludes halogenated alkanes) is 3. The molecule has 4 heteroatoms. The molecule has 0 fully saturated rings. The lowest BCUT2D eigenvalue weighted by Gasteiger charge is -2.03. The van der Waals surface area contributed by atoms with Gasteiger partial charge in [0.25, 0.3) is 0 Å². The molecule has 0 saturated heterocycles. The smallest absolute Gasteiger partial charge is 0.369 e. The summed E-state index contributed by atoms with van der Waals surface area (Å²) in [5.74, 6) is -0.416.